The Morgan fingerprint density at radius 3 is 2.11 bits per heavy atom. The Hall–Kier alpha value is -1.02. The van der Waals surface area contributed by atoms with Crippen LogP contribution in [-0.4, -0.2) is 116 Å². The van der Waals surface area contributed by atoms with Crippen molar-refractivity contribution in [3.63, 3.8) is 0 Å². The van der Waals surface area contributed by atoms with Crippen LogP contribution in [0.1, 0.15) is 12.5 Å². The van der Waals surface area contributed by atoms with Crippen molar-refractivity contribution in [1.29, 1.82) is 0 Å². The van der Waals surface area contributed by atoms with Crippen LogP contribution in [0.4, 0.5) is 0 Å². The number of rotatable bonds is 5. The zero-order chi connectivity index (χ0) is 19.4. The van der Waals surface area contributed by atoms with Gasteiger partial charge in [0.1, 0.15) is 0 Å². The van der Waals surface area contributed by atoms with E-state index in [0.29, 0.717) is 0 Å². The SMILES string of the molecule is CCN1CCN(C2(N3CCN(C)CC3)CN(Cc3ccccc3)CC[N]2)CC1. The van der Waals surface area contributed by atoms with Crippen LogP contribution in [0, 0.1) is 0 Å². The van der Waals surface area contributed by atoms with E-state index in [1.54, 1.807) is 0 Å². The largest absolute Gasteiger partial charge is 0.304 e. The highest BCUT2D eigenvalue weighted by Crippen LogP contribution is 2.27. The number of likely N-dealkylation sites (N-methyl/N-ethyl adjacent to an activating group) is 2. The molecule has 1 unspecified atom stereocenters. The molecule has 1 aromatic carbocycles. The molecular formula is C22H37N6. The first-order chi connectivity index (χ1) is 13.7. The summed E-state index contributed by atoms with van der Waals surface area (Å²) in [6, 6.07) is 10.9. The summed E-state index contributed by atoms with van der Waals surface area (Å²) in [6.07, 6.45) is 0. The molecule has 4 rings (SSSR count). The van der Waals surface area contributed by atoms with Crippen LogP contribution in [0.15, 0.2) is 30.3 Å². The van der Waals surface area contributed by atoms with Gasteiger partial charge in [0, 0.05) is 78.5 Å². The summed E-state index contributed by atoms with van der Waals surface area (Å²) >= 11 is 0. The topological polar surface area (TPSA) is 30.3 Å². The van der Waals surface area contributed by atoms with Gasteiger partial charge in [-0.2, -0.15) is 0 Å². The zero-order valence-electron chi connectivity index (χ0n) is 17.8. The maximum atomic E-state index is 5.35. The summed E-state index contributed by atoms with van der Waals surface area (Å²) in [5, 5.41) is 5.35. The van der Waals surface area contributed by atoms with E-state index in [2.05, 4.69) is 68.8 Å². The molecule has 0 amide bonds. The summed E-state index contributed by atoms with van der Waals surface area (Å²) in [4.78, 5) is 13.0. The molecule has 6 heteroatoms. The fourth-order valence-corrected chi connectivity index (χ4v) is 4.96. The quantitative estimate of drug-likeness (QED) is 0.743. The van der Waals surface area contributed by atoms with Crippen molar-refractivity contribution in [2.45, 2.75) is 19.3 Å². The molecule has 1 atom stereocenters. The minimum Gasteiger partial charge on any atom is -0.304 e. The zero-order valence-corrected chi connectivity index (χ0v) is 17.8. The first-order valence-electron chi connectivity index (χ1n) is 11.1. The highest BCUT2D eigenvalue weighted by molar-refractivity contribution is 5.15. The van der Waals surface area contributed by atoms with E-state index < -0.39 is 0 Å². The summed E-state index contributed by atoms with van der Waals surface area (Å²) in [6.45, 7) is 16.6. The Bertz CT molecular complexity index is 594. The van der Waals surface area contributed by atoms with E-state index in [1.807, 2.05) is 0 Å². The Balaban J connectivity index is 1.52. The lowest BCUT2D eigenvalue weighted by molar-refractivity contribution is -0.146. The van der Waals surface area contributed by atoms with E-state index in [-0.39, 0.29) is 5.79 Å². The third-order valence-electron chi connectivity index (χ3n) is 6.80. The molecule has 1 aromatic rings. The predicted octanol–water partition coefficient (Wildman–Crippen LogP) is 0.645. The van der Waals surface area contributed by atoms with E-state index in [0.717, 1.165) is 72.0 Å². The Morgan fingerprint density at radius 2 is 1.46 bits per heavy atom. The second-order valence-corrected chi connectivity index (χ2v) is 8.56. The number of piperazine rings is 3. The van der Waals surface area contributed by atoms with Crippen molar-refractivity contribution < 1.29 is 0 Å². The average Bonchev–Trinajstić information content (AvgIpc) is 2.75. The van der Waals surface area contributed by atoms with Gasteiger partial charge in [-0.15, -0.1) is 0 Å². The summed E-state index contributed by atoms with van der Waals surface area (Å²) in [5.74, 6) is -0.145. The highest BCUT2D eigenvalue weighted by Gasteiger charge is 2.47. The molecule has 0 bridgehead atoms. The molecule has 1 radical (unpaired) electrons. The summed E-state index contributed by atoms with van der Waals surface area (Å²) in [5.41, 5.74) is 1.41. The van der Waals surface area contributed by atoms with E-state index in [9.17, 15) is 0 Å². The summed E-state index contributed by atoms with van der Waals surface area (Å²) < 4.78 is 0. The average molecular weight is 386 g/mol. The van der Waals surface area contributed by atoms with Gasteiger partial charge >= 0.3 is 0 Å². The number of hydrogen-bond acceptors (Lipinski definition) is 5. The van der Waals surface area contributed by atoms with Crippen LogP contribution >= 0.6 is 0 Å². The Morgan fingerprint density at radius 1 is 0.821 bits per heavy atom. The lowest BCUT2D eigenvalue weighted by atomic mass is 10.1. The van der Waals surface area contributed by atoms with Gasteiger partial charge in [0.25, 0.3) is 0 Å². The third-order valence-corrected chi connectivity index (χ3v) is 6.80. The molecule has 0 saturated carbocycles. The van der Waals surface area contributed by atoms with Gasteiger partial charge in [0.2, 0.25) is 0 Å². The van der Waals surface area contributed by atoms with Crippen LogP contribution < -0.4 is 5.32 Å². The van der Waals surface area contributed by atoms with Crippen LogP contribution in [-0.2, 0) is 6.54 Å². The van der Waals surface area contributed by atoms with Crippen molar-refractivity contribution in [3.8, 4) is 0 Å². The first-order valence-corrected chi connectivity index (χ1v) is 11.1. The molecule has 0 aliphatic carbocycles. The second kappa shape index (κ2) is 9.20. The molecule has 28 heavy (non-hydrogen) atoms. The lowest BCUT2D eigenvalue weighted by Crippen LogP contribution is -2.77. The van der Waals surface area contributed by atoms with E-state index >= 15 is 0 Å². The fourth-order valence-electron chi connectivity index (χ4n) is 4.96. The number of hydrogen-bond donors (Lipinski definition) is 0. The smallest absolute Gasteiger partial charge is 0.157 e. The summed E-state index contributed by atoms with van der Waals surface area (Å²) in [7, 11) is 2.24. The molecule has 0 N–H and O–H groups in total. The first kappa shape index (κ1) is 20.3. The van der Waals surface area contributed by atoms with Crippen molar-refractivity contribution in [3.05, 3.63) is 35.9 Å². The van der Waals surface area contributed by atoms with Crippen molar-refractivity contribution in [2.24, 2.45) is 0 Å². The fraction of sp³-hybridized carbons (Fsp3) is 0.727. The Labute approximate surface area is 171 Å². The van der Waals surface area contributed by atoms with Crippen molar-refractivity contribution in [1.82, 2.24) is 29.8 Å². The minimum absolute atomic E-state index is 0.145. The van der Waals surface area contributed by atoms with Crippen LogP contribution in [0.3, 0.4) is 0 Å². The van der Waals surface area contributed by atoms with Crippen LogP contribution in [0.2, 0.25) is 0 Å². The molecule has 3 fully saturated rings. The third kappa shape index (κ3) is 4.42. The van der Waals surface area contributed by atoms with E-state index in [1.165, 1.54) is 18.7 Å². The maximum absolute atomic E-state index is 5.35. The molecule has 155 valence electrons. The molecule has 3 aliphatic rings. The van der Waals surface area contributed by atoms with Gasteiger partial charge in [0.05, 0.1) is 0 Å². The van der Waals surface area contributed by atoms with Crippen molar-refractivity contribution >= 4 is 0 Å². The molecule has 6 nitrogen and oxygen atoms in total. The van der Waals surface area contributed by atoms with Gasteiger partial charge in [-0.1, -0.05) is 37.3 Å². The lowest BCUT2D eigenvalue weighted by Gasteiger charge is -2.57. The van der Waals surface area contributed by atoms with Gasteiger partial charge in [-0.05, 0) is 19.2 Å². The van der Waals surface area contributed by atoms with Crippen molar-refractivity contribution in [2.75, 3.05) is 85.6 Å². The van der Waals surface area contributed by atoms with Gasteiger partial charge < -0.3 is 9.80 Å². The second-order valence-electron chi connectivity index (χ2n) is 8.56. The molecule has 3 saturated heterocycles. The molecule has 0 aromatic heterocycles. The normalized spacial score (nSPS) is 29.9. The van der Waals surface area contributed by atoms with E-state index in [4.69, 9.17) is 5.32 Å². The predicted molar refractivity (Wildman–Crippen MR) is 114 cm³/mol. The minimum atomic E-state index is -0.145. The maximum Gasteiger partial charge on any atom is 0.157 e. The molecule has 3 aliphatic heterocycles. The van der Waals surface area contributed by atoms with Gasteiger partial charge in [0.15, 0.2) is 5.79 Å². The van der Waals surface area contributed by atoms with Gasteiger partial charge in [-0.25, -0.2) is 5.32 Å². The monoisotopic (exact) mass is 385 g/mol. The standard InChI is InChI=1S/C22H37N6/c1-3-25-13-17-28(18-14-25)22(27-15-11-24(2)12-16-27)20-26(10-9-23-22)19-21-7-5-4-6-8-21/h4-8H,3,9-20H2,1-2H3. The molecular weight excluding hydrogens is 348 g/mol. The Kier molecular flexibility index (Phi) is 6.66. The molecule has 3 heterocycles. The number of nitrogens with zero attached hydrogens (tertiary/aromatic N) is 6. The number of benzene rings is 1. The molecule has 0 spiro atoms. The van der Waals surface area contributed by atoms with Gasteiger partial charge in [-0.3, -0.25) is 14.7 Å². The van der Waals surface area contributed by atoms with Crippen LogP contribution in [0.5, 0.6) is 0 Å². The highest BCUT2D eigenvalue weighted by atomic mass is 15.6. The van der Waals surface area contributed by atoms with Crippen LogP contribution in [0.25, 0.3) is 0 Å².